The third-order valence-corrected chi connectivity index (χ3v) is 6.74. The monoisotopic (exact) mass is 348 g/mol. The maximum atomic E-state index is 12.9. The lowest BCUT2D eigenvalue weighted by atomic mass is 9.92. The molecule has 2 saturated heterocycles. The van der Waals surface area contributed by atoms with Gasteiger partial charge >= 0.3 is 11.9 Å². The Hall–Kier alpha value is -1.19. The highest BCUT2D eigenvalue weighted by Gasteiger charge is 2.46. The first-order valence-corrected chi connectivity index (χ1v) is 9.38. The number of esters is 1. The van der Waals surface area contributed by atoms with E-state index in [0.717, 1.165) is 0 Å². The molecule has 2 heterocycles. The number of piperidine rings is 1. The Morgan fingerprint density at radius 2 is 1.78 bits per heavy atom. The molecule has 0 aromatic heterocycles. The maximum absolute atomic E-state index is 12.9. The van der Waals surface area contributed by atoms with E-state index in [0.29, 0.717) is 25.7 Å². The molecule has 2 aliphatic heterocycles. The van der Waals surface area contributed by atoms with Gasteiger partial charge in [0, 0.05) is 19.1 Å². The predicted molar refractivity (Wildman–Crippen MR) is 81.8 cm³/mol. The molecule has 8 nitrogen and oxygen atoms in total. The molecule has 1 unspecified atom stereocenters. The molecule has 0 spiro atoms. The minimum atomic E-state index is -3.89. The number of rotatable bonds is 5. The number of hydrogen-bond acceptors (Lipinski definition) is 5. The zero-order valence-electron chi connectivity index (χ0n) is 13.5. The van der Waals surface area contributed by atoms with Crippen LogP contribution >= 0.6 is 0 Å². The van der Waals surface area contributed by atoms with Crippen LogP contribution in [-0.2, 0) is 24.5 Å². The fourth-order valence-corrected chi connectivity index (χ4v) is 5.46. The van der Waals surface area contributed by atoms with E-state index in [1.54, 1.807) is 13.8 Å². The zero-order valence-corrected chi connectivity index (χ0v) is 14.3. The van der Waals surface area contributed by atoms with Crippen molar-refractivity contribution in [2.24, 2.45) is 5.92 Å². The van der Waals surface area contributed by atoms with E-state index in [1.807, 2.05) is 0 Å². The molecular formula is C14H24N2O6S. The molecule has 3 atom stereocenters. The lowest BCUT2D eigenvalue weighted by molar-refractivity contribution is -0.147. The van der Waals surface area contributed by atoms with Crippen molar-refractivity contribution in [1.82, 2.24) is 8.61 Å². The van der Waals surface area contributed by atoms with Crippen LogP contribution in [0.15, 0.2) is 0 Å². The zero-order chi connectivity index (χ0) is 17.2. The molecule has 0 aromatic rings. The number of carboxylic acid groups (broad SMARTS) is 1. The summed E-state index contributed by atoms with van der Waals surface area (Å²) in [5, 5.41) is 9.26. The van der Waals surface area contributed by atoms with Crippen LogP contribution in [-0.4, -0.2) is 65.9 Å². The first kappa shape index (κ1) is 18.2. The number of nitrogens with zero attached hydrogens (tertiary/aromatic N) is 2. The van der Waals surface area contributed by atoms with Crippen molar-refractivity contribution in [2.75, 3.05) is 19.7 Å². The van der Waals surface area contributed by atoms with Gasteiger partial charge in [-0.05, 0) is 39.5 Å². The summed E-state index contributed by atoms with van der Waals surface area (Å²) in [5.41, 5.74) is 0. The van der Waals surface area contributed by atoms with Gasteiger partial charge in [0.05, 0.1) is 12.5 Å². The van der Waals surface area contributed by atoms with Crippen molar-refractivity contribution in [1.29, 1.82) is 0 Å². The molecule has 0 amide bonds. The summed E-state index contributed by atoms with van der Waals surface area (Å²) in [6.45, 7) is 4.03. The lowest BCUT2D eigenvalue weighted by Gasteiger charge is -2.39. The lowest BCUT2D eigenvalue weighted by Crippen LogP contribution is -2.55. The molecule has 0 bridgehead atoms. The highest BCUT2D eigenvalue weighted by Crippen LogP contribution is 2.31. The predicted octanol–water partition coefficient (Wildman–Crippen LogP) is 0.444. The Bertz CT molecular complexity index is 564. The Kier molecular flexibility index (Phi) is 5.64. The summed E-state index contributed by atoms with van der Waals surface area (Å²) in [4.78, 5) is 23.3. The van der Waals surface area contributed by atoms with E-state index < -0.39 is 40.1 Å². The molecule has 132 valence electrons. The molecular weight excluding hydrogens is 324 g/mol. The van der Waals surface area contributed by atoms with Crippen LogP contribution in [0.25, 0.3) is 0 Å². The minimum absolute atomic E-state index is 0.199. The Morgan fingerprint density at radius 3 is 2.39 bits per heavy atom. The molecule has 0 saturated carbocycles. The average molecular weight is 348 g/mol. The minimum Gasteiger partial charge on any atom is -0.481 e. The number of carbonyl (C=O) groups is 2. The average Bonchev–Trinajstić information content (AvgIpc) is 2.97. The fraction of sp³-hybridized carbons (Fsp3) is 0.857. The van der Waals surface area contributed by atoms with Crippen LogP contribution in [0.1, 0.15) is 39.5 Å². The molecule has 2 aliphatic rings. The van der Waals surface area contributed by atoms with Crippen molar-refractivity contribution in [3.63, 3.8) is 0 Å². The van der Waals surface area contributed by atoms with E-state index in [1.165, 1.54) is 8.61 Å². The van der Waals surface area contributed by atoms with Gasteiger partial charge in [0.15, 0.2) is 0 Å². The largest absolute Gasteiger partial charge is 0.481 e. The van der Waals surface area contributed by atoms with Gasteiger partial charge in [-0.1, -0.05) is 0 Å². The topological polar surface area (TPSA) is 104 Å². The molecule has 0 aliphatic carbocycles. The summed E-state index contributed by atoms with van der Waals surface area (Å²) in [6.07, 6.45) is 1.98. The van der Waals surface area contributed by atoms with Gasteiger partial charge in [0.25, 0.3) is 10.2 Å². The molecule has 9 heteroatoms. The van der Waals surface area contributed by atoms with E-state index in [-0.39, 0.29) is 19.7 Å². The number of aliphatic carboxylic acids is 1. The van der Waals surface area contributed by atoms with Crippen LogP contribution in [0, 0.1) is 5.92 Å². The molecule has 23 heavy (non-hydrogen) atoms. The van der Waals surface area contributed by atoms with E-state index >= 15 is 0 Å². The molecule has 1 N–H and O–H groups in total. The maximum Gasteiger partial charge on any atom is 0.324 e. The van der Waals surface area contributed by atoms with Crippen molar-refractivity contribution < 1.29 is 27.9 Å². The second-order valence-electron chi connectivity index (χ2n) is 5.97. The second-order valence-corrected chi connectivity index (χ2v) is 7.80. The van der Waals surface area contributed by atoms with Crippen LogP contribution in [0.2, 0.25) is 0 Å². The van der Waals surface area contributed by atoms with Gasteiger partial charge in [0.2, 0.25) is 0 Å². The first-order valence-electron chi connectivity index (χ1n) is 7.98. The number of ether oxygens (including phenoxy) is 1. The van der Waals surface area contributed by atoms with Crippen molar-refractivity contribution in [3.8, 4) is 0 Å². The fourth-order valence-electron chi connectivity index (χ4n) is 3.39. The third-order valence-electron chi connectivity index (χ3n) is 4.60. The van der Waals surface area contributed by atoms with Crippen LogP contribution in [0.5, 0.6) is 0 Å². The van der Waals surface area contributed by atoms with Gasteiger partial charge in [-0.2, -0.15) is 17.0 Å². The smallest absolute Gasteiger partial charge is 0.324 e. The van der Waals surface area contributed by atoms with E-state index in [9.17, 15) is 23.1 Å². The van der Waals surface area contributed by atoms with Gasteiger partial charge in [-0.25, -0.2) is 0 Å². The Labute approximate surface area is 136 Å². The SMILES string of the molecule is CCOC(=O)C1CCCN1S(=O)(=O)N1CCC[C@H](C(=O)O)[C@@H]1C. The molecule has 2 fully saturated rings. The van der Waals surface area contributed by atoms with Crippen LogP contribution in [0.4, 0.5) is 0 Å². The summed E-state index contributed by atoms with van der Waals surface area (Å²) in [7, 11) is -3.89. The highest BCUT2D eigenvalue weighted by molar-refractivity contribution is 7.86. The second kappa shape index (κ2) is 7.14. The Morgan fingerprint density at radius 1 is 1.17 bits per heavy atom. The summed E-state index contributed by atoms with van der Waals surface area (Å²) >= 11 is 0. The van der Waals surface area contributed by atoms with Crippen molar-refractivity contribution >= 4 is 22.1 Å². The molecule has 2 rings (SSSR count). The van der Waals surface area contributed by atoms with Gasteiger partial charge < -0.3 is 9.84 Å². The quantitative estimate of drug-likeness (QED) is 0.723. The van der Waals surface area contributed by atoms with Crippen LogP contribution in [0.3, 0.4) is 0 Å². The van der Waals surface area contributed by atoms with Crippen molar-refractivity contribution in [2.45, 2.75) is 51.6 Å². The van der Waals surface area contributed by atoms with Gasteiger partial charge in [0.1, 0.15) is 6.04 Å². The van der Waals surface area contributed by atoms with Gasteiger partial charge in [-0.3, -0.25) is 9.59 Å². The highest BCUT2D eigenvalue weighted by atomic mass is 32.2. The Balaban J connectivity index is 2.22. The van der Waals surface area contributed by atoms with Gasteiger partial charge in [-0.15, -0.1) is 0 Å². The van der Waals surface area contributed by atoms with Crippen LogP contribution < -0.4 is 0 Å². The normalized spacial score (nSPS) is 30.3. The number of carboxylic acids is 1. The standard InChI is InChI=1S/C14H24N2O6S/c1-3-22-14(19)12-7-5-9-16(12)23(20,21)15-8-4-6-11(10(15)2)13(17)18/h10-12H,3-9H2,1-2H3,(H,17,18)/t10-,11-,12?/m0/s1. The summed E-state index contributed by atoms with van der Waals surface area (Å²) in [6, 6.07) is -1.44. The molecule has 0 aromatic carbocycles. The summed E-state index contributed by atoms with van der Waals surface area (Å²) in [5.74, 6) is -2.24. The van der Waals surface area contributed by atoms with Crippen molar-refractivity contribution in [3.05, 3.63) is 0 Å². The number of carbonyl (C=O) groups excluding carboxylic acids is 1. The van der Waals surface area contributed by atoms with E-state index in [4.69, 9.17) is 4.74 Å². The molecule has 0 radical (unpaired) electrons. The van der Waals surface area contributed by atoms with E-state index in [2.05, 4.69) is 0 Å². The summed E-state index contributed by atoms with van der Waals surface area (Å²) < 4.78 is 33.2. The number of hydrogen-bond donors (Lipinski definition) is 1. The third kappa shape index (κ3) is 3.51. The first-order chi connectivity index (χ1) is 10.8.